The lowest BCUT2D eigenvalue weighted by Gasteiger charge is -2.15. The maximum atomic E-state index is 10.8. The van der Waals surface area contributed by atoms with Gasteiger partial charge < -0.3 is 4.57 Å². The Balaban J connectivity index is 1.16. The fourth-order valence-electron chi connectivity index (χ4n) is 8.06. The molecule has 11 aromatic rings. The second-order valence-electron chi connectivity index (χ2n) is 13.5. The van der Waals surface area contributed by atoms with Crippen LogP contribution < -0.4 is 0 Å². The van der Waals surface area contributed by atoms with Crippen molar-refractivity contribution in [2.45, 2.75) is 0 Å². The molecule has 254 valence electrons. The first-order chi connectivity index (χ1) is 27.2. The van der Waals surface area contributed by atoms with Gasteiger partial charge >= 0.3 is 0 Å². The molecule has 4 aromatic heterocycles. The summed E-state index contributed by atoms with van der Waals surface area (Å²) in [6.45, 7) is 8.49. The highest BCUT2D eigenvalue weighted by Gasteiger charge is 2.23. The molecule has 0 aliphatic carbocycles. The molecule has 0 fully saturated rings. The van der Waals surface area contributed by atoms with Crippen LogP contribution in [0.25, 0.3) is 107 Å². The van der Waals surface area contributed by atoms with Crippen LogP contribution in [0, 0.1) is 17.9 Å². The summed E-state index contributed by atoms with van der Waals surface area (Å²) in [6.07, 6.45) is 0. The number of nitriles is 1. The van der Waals surface area contributed by atoms with Crippen molar-refractivity contribution in [1.29, 1.82) is 5.26 Å². The van der Waals surface area contributed by atoms with E-state index in [0.29, 0.717) is 34.0 Å². The van der Waals surface area contributed by atoms with Crippen LogP contribution in [-0.2, 0) is 0 Å². The van der Waals surface area contributed by atoms with Crippen LogP contribution in [-0.4, -0.2) is 14.5 Å². The second kappa shape index (κ2) is 12.2. The van der Waals surface area contributed by atoms with Gasteiger partial charge in [0.1, 0.15) is 11.6 Å². The Morgan fingerprint density at radius 2 is 1.22 bits per heavy atom. The molecule has 11 rings (SSSR count). The first kappa shape index (κ1) is 31.4. The van der Waals surface area contributed by atoms with Crippen molar-refractivity contribution in [3.63, 3.8) is 0 Å². The Hall–Kier alpha value is -7.16. The number of thiophene rings is 2. The van der Waals surface area contributed by atoms with E-state index in [9.17, 15) is 5.26 Å². The number of nitrogens with zero attached hydrogens (tertiary/aromatic N) is 5. The largest absolute Gasteiger partial charge is 0.319 e. The molecule has 0 aliphatic rings. The zero-order valence-corrected chi connectivity index (χ0v) is 30.6. The molecular formula is C48H25N5S2. The highest BCUT2D eigenvalue weighted by molar-refractivity contribution is 7.26. The topological polar surface area (TPSA) is 58.9 Å². The summed E-state index contributed by atoms with van der Waals surface area (Å²) in [5.74, 6) is 0.533. The Bertz CT molecular complexity index is 3470. The lowest BCUT2D eigenvalue weighted by atomic mass is 9.98. The number of hydrogen-bond acceptors (Lipinski definition) is 5. The summed E-state index contributed by atoms with van der Waals surface area (Å²) in [6, 6.07) is 54.3. The van der Waals surface area contributed by atoms with Crippen molar-refractivity contribution in [3.8, 4) is 45.7 Å². The normalized spacial score (nSPS) is 11.6. The van der Waals surface area contributed by atoms with Crippen molar-refractivity contribution in [2.24, 2.45) is 0 Å². The van der Waals surface area contributed by atoms with E-state index in [1.165, 1.54) is 24.9 Å². The van der Waals surface area contributed by atoms with Gasteiger partial charge in [-0.15, -0.1) is 22.7 Å². The van der Waals surface area contributed by atoms with Crippen LogP contribution >= 0.6 is 22.7 Å². The number of hydrogen-bond donors (Lipinski definition) is 0. The average Bonchev–Trinajstić information content (AvgIpc) is 3.91. The van der Waals surface area contributed by atoms with E-state index in [0.717, 1.165) is 54.1 Å². The summed E-state index contributed by atoms with van der Waals surface area (Å²) >= 11 is 3.53. The highest BCUT2D eigenvalue weighted by atomic mass is 32.1. The molecule has 7 aromatic carbocycles. The van der Waals surface area contributed by atoms with Crippen LogP contribution in [0.2, 0.25) is 0 Å². The first-order valence-electron chi connectivity index (χ1n) is 17.8. The van der Waals surface area contributed by atoms with Crippen molar-refractivity contribution >= 4 is 90.5 Å². The maximum absolute atomic E-state index is 10.8. The van der Waals surface area contributed by atoms with E-state index in [-0.39, 0.29) is 0 Å². The molecule has 0 atom stereocenters. The predicted octanol–water partition coefficient (Wildman–Crippen LogP) is 13.7. The molecule has 0 aliphatic heterocycles. The summed E-state index contributed by atoms with van der Waals surface area (Å²) in [7, 11) is 0. The summed E-state index contributed by atoms with van der Waals surface area (Å²) in [5.41, 5.74) is 7.14. The molecule has 55 heavy (non-hydrogen) atoms. The molecule has 0 unspecified atom stereocenters. The maximum Gasteiger partial charge on any atom is 0.211 e. The smallest absolute Gasteiger partial charge is 0.211 e. The molecule has 5 nitrogen and oxygen atoms in total. The molecule has 0 saturated heterocycles. The van der Waals surface area contributed by atoms with Crippen LogP contribution in [0.3, 0.4) is 0 Å². The molecule has 7 heteroatoms. The number of para-hydroxylation sites is 1. The summed E-state index contributed by atoms with van der Waals surface area (Å²) < 4.78 is 7.00. The van der Waals surface area contributed by atoms with Gasteiger partial charge in [-0.3, -0.25) is 0 Å². The van der Waals surface area contributed by atoms with Crippen molar-refractivity contribution in [2.75, 3.05) is 0 Å². The minimum Gasteiger partial charge on any atom is -0.319 e. The van der Waals surface area contributed by atoms with Gasteiger partial charge in [0.15, 0.2) is 5.82 Å². The van der Waals surface area contributed by atoms with E-state index in [2.05, 4.69) is 106 Å². The van der Waals surface area contributed by atoms with Crippen LogP contribution in [0.5, 0.6) is 0 Å². The lowest BCUT2D eigenvalue weighted by molar-refractivity contribution is 1.17. The van der Waals surface area contributed by atoms with Gasteiger partial charge in [0, 0.05) is 62.2 Å². The molecule has 0 bridgehead atoms. The van der Waals surface area contributed by atoms with Gasteiger partial charge in [-0.05, 0) is 54.1 Å². The number of rotatable bonds is 4. The third-order valence-electron chi connectivity index (χ3n) is 10.5. The number of aromatic nitrogens is 3. The van der Waals surface area contributed by atoms with Gasteiger partial charge in [-0.2, -0.15) is 5.26 Å². The van der Waals surface area contributed by atoms with Crippen molar-refractivity contribution in [3.05, 3.63) is 169 Å². The predicted molar refractivity (Wildman–Crippen MR) is 229 cm³/mol. The molecule has 0 radical (unpaired) electrons. The Labute approximate surface area is 323 Å². The standard InChI is InChI=1S/C48H25N5S2/c1-50-37-24-29(22-23-39(37)53-38-18-8-5-14-30(38)34-25-35-31-15-6-9-19-41(31)55-44(35)26-40(34)53)47-36(27-49)46(28-12-3-2-4-13-28)51-48(52-47)33-17-11-21-43-45(33)32-16-7-10-20-42(32)54-43/h2-26H. The van der Waals surface area contributed by atoms with E-state index in [1.807, 2.05) is 60.7 Å². The van der Waals surface area contributed by atoms with Gasteiger partial charge in [0.25, 0.3) is 0 Å². The molecule has 0 saturated carbocycles. The third kappa shape index (κ3) is 4.75. The minimum absolute atomic E-state index is 0.366. The van der Waals surface area contributed by atoms with E-state index in [1.54, 1.807) is 22.7 Å². The van der Waals surface area contributed by atoms with Crippen LogP contribution in [0.15, 0.2) is 152 Å². The lowest BCUT2D eigenvalue weighted by Crippen LogP contribution is -2.02. The number of fused-ring (bicyclic) bond motifs is 9. The van der Waals surface area contributed by atoms with Crippen molar-refractivity contribution in [1.82, 2.24) is 14.5 Å². The number of benzene rings is 7. The minimum atomic E-state index is 0.366. The van der Waals surface area contributed by atoms with E-state index >= 15 is 0 Å². The molecular weight excluding hydrogens is 711 g/mol. The van der Waals surface area contributed by atoms with Crippen molar-refractivity contribution < 1.29 is 0 Å². The first-order valence-corrected chi connectivity index (χ1v) is 19.5. The summed E-state index contributed by atoms with van der Waals surface area (Å²) in [4.78, 5) is 14.4. The second-order valence-corrected chi connectivity index (χ2v) is 15.7. The molecule has 0 amide bonds. The Morgan fingerprint density at radius 3 is 2.02 bits per heavy atom. The summed E-state index contributed by atoms with van der Waals surface area (Å²) in [5, 5.41) is 17.8. The Kier molecular flexibility index (Phi) is 6.96. The zero-order chi connectivity index (χ0) is 36.6. The van der Waals surface area contributed by atoms with Gasteiger partial charge in [-0.1, -0.05) is 103 Å². The monoisotopic (exact) mass is 735 g/mol. The Morgan fingerprint density at radius 1 is 0.545 bits per heavy atom. The third-order valence-corrected chi connectivity index (χ3v) is 12.8. The highest BCUT2D eigenvalue weighted by Crippen LogP contribution is 2.44. The molecule has 0 spiro atoms. The quantitative estimate of drug-likeness (QED) is 0.169. The van der Waals surface area contributed by atoms with Gasteiger partial charge in [0.2, 0.25) is 5.69 Å². The SMILES string of the molecule is [C-]#[N+]c1cc(-c2nc(-c3cccc4sc5ccccc5c34)nc(-c3ccccc3)c2C#N)ccc1-n1c2ccccc2c2cc3c(cc21)sc1ccccc13. The van der Waals surface area contributed by atoms with Gasteiger partial charge in [0.05, 0.1) is 34.7 Å². The van der Waals surface area contributed by atoms with Gasteiger partial charge in [-0.25, -0.2) is 14.8 Å². The molecule has 4 heterocycles. The molecule has 0 N–H and O–H groups in total. The average molecular weight is 736 g/mol. The fourth-order valence-corrected chi connectivity index (χ4v) is 10.3. The van der Waals surface area contributed by atoms with E-state index in [4.69, 9.17) is 16.5 Å². The zero-order valence-electron chi connectivity index (χ0n) is 29.0. The van der Waals surface area contributed by atoms with E-state index < -0.39 is 0 Å². The van der Waals surface area contributed by atoms with Crippen LogP contribution in [0.1, 0.15) is 5.56 Å². The fraction of sp³-hybridized carbons (Fsp3) is 0. The van der Waals surface area contributed by atoms with Crippen LogP contribution in [0.4, 0.5) is 5.69 Å².